The molecule has 25 heavy (non-hydrogen) atoms. The number of hydrogen-bond acceptors (Lipinski definition) is 3. The summed E-state index contributed by atoms with van der Waals surface area (Å²) in [6.45, 7) is 4.05. The average molecular weight is 351 g/mol. The number of piperidine rings is 1. The first-order chi connectivity index (χ1) is 11.8. The van der Waals surface area contributed by atoms with Gasteiger partial charge in [-0.2, -0.15) is 0 Å². The molecule has 0 bridgehead atoms. The third-order valence-corrected chi connectivity index (χ3v) is 5.52. The van der Waals surface area contributed by atoms with Gasteiger partial charge < -0.3 is 10.6 Å². The van der Waals surface area contributed by atoms with Crippen molar-refractivity contribution in [2.75, 3.05) is 19.6 Å². The lowest BCUT2D eigenvalue weighted by molar-refractivity contribution is -0.128. The van der Waals surface area contributed by atoms with E-state index in [0.29, 0.717) is 18.5 Å². The summed E-state index contributed by atoms with van der Waals surface area (Å²) < 4.78 is 26.7. The number of likely N-dealkylation sites (tertiary alicyclic amines) is 2. The summed E-state index contributed by atoms with van der Waals surface area (Å²) in [5.74, 6) is -1.59. The van der Waals surface area contributed by atoms with E-state index in [0.717, 1.165) is 32.0 Å². The molecule has 1 aromatic rings. The maximum Gasteiger partial charge on any atom is 0.234 e. The van der Waals surface area contributed by atoms with Crippen LogP contribution in [-0.2, 0) is 16.1 Å². The molecule has 2 fully saturated rings. The number of benzene rings is 1. The summed E-state index contributed by atoms with van der Waals surface area (Å²) in [6, 6.07) is 3.05. The second-order valence-corrected chi connectivity index (χ2v) is 7.32. The van der Waals surface area contributed by atoms with Gasteiger partial charge in [0.1, 0.15) is 11.6 Å². The zero-order valence-electron chi connectivity index (χ0n) is 14.3. The first-order valence-corrected chi connectivity index (χ1v) is 8.54. The van der Waals surface area contributed by atoms with Crippen molar-refractivity contribution in [2.24, 2.45) is 11.1 Å². The zero-order chi connectivity index (χ0) is 18.2. The number of nitrogens with zero attached hydrogens (tertiary/aromatic N) is 2. The van der Waals surface area contributed by atoms with E-state index < -0.39 is 11.6 Å². The Morgan fingerprint density at radius 3 is 2.40 bits per heavy atom. The Bertz CT molecular complexity index is 667. The molecule has 0 radical (unpaired) electrons. The number of carbonyl (C=O) groups is 2. The number of nitrogens with two attached hydrogens (primary N) is 1. The number of rotatable bonds is 4. The van der Waals surface area contributed by atoms with Crippen LogP contribution in [0, 0.1) is 17.0 Å². The van der Waals surface area contributed by atoms with Gasteiger partial charge in [0.2, 0.25) is 11.8 Å². The highest BCUT2D eigenvalue weighted by atomic mass is 19.1. The maximum absolute atomic E-state index is 13.3. The Hall–Kier alpha value is -2.02. The summed E-state index contributed by atoms with van der Waals surface area (Å²) in [5, 5.41) is 0. The Labute approximate surface area is 145 Å². The van der Waals surface area contributed by atoms with E-state index in [1.807, 2.05) is 4.90 Å². The largest absolute Gasteiger partial charge is 0.368 e. The monoisotopic (exact) mass is 351 g/mol. The first kappa shape index (κ1) is 17.8. The molecule has 0 aliphatic carbocycles. The Morgan fingerprint density at radius 1 is 1.24 bits per heavy atom. The minimum absolute atomic E-state index is 0.0149. The van der Waals surface area contributed by atoms with E-state index >= 15 is 0 Å². The lowest BCUT2D eigenvalue weighted by Gasteiger charge is -2.40. The van der Waals surface area contributed by atoms with Gasteiger partial charge in [0.25, 0.3) is 0 Å². The smallest absolute Gasteiger partial charge is 0.234 e. The van der Waals surface area contributed by atoms with E-state index in [-0.39, 0.29) is 29.8 Å². The van der Waals surface area contributed by atoms with E-state index in [1.165, 1.54) is 12.1 Å². The van der Waals surface area contributed by atoms with Crippen LogP contribution in [0.15, 0.2) is 18.2 Å². The van der Waals surface area contributed by atoms with Gasteiger partial charge in [-0.25, -0.2) is 8.78 Å². The van der Waals surface area contributed by atoms with Crippen molar-refractivity contribution in [3.05, 3.63) is 35.4 Å². The second-order valence-electron chi connectivity index (χ2n) is 7.32. The number of carbonyl (C=O) groups excluding carboxylic acids is 2. The summed E-state index contributed by atoms with van der Waals surface area (Å²) in [6.07, 6.45) is 2.07. The Balaban J connectivity index is 1.64. The van der Waals surface area contributed by atoms with Gasteiger partial charge in [0.05, 0.1) is 6.04 Å². The van der Waals surface area contributed by atoms with Gasteiger partial charge in [-0.15, -0.1) is 0 Å². The summed E-state index contributed by atoms with van der Waals surface area (Å²) in [4.78, 5) is 27.5. The lowest BCUT2D eigenvalue weighted by Crippen LogP contribution is -2.49. The van der Waals surface area contributed by atoms with Crippen molar-refractivity contribution >= 4 is 11.8 Å². The fourth-order valence-corrected chi connectivity index (χ4v) is 3.95. The maximum atomic E-state index is 13.3. The third-order valence-electron chi connectivity index (χ3n) is 5.52. The van der Waals surface area contributed by atoms with Crippen molar-refractivity contribution in [3.63, 3.8) is 0 Å². The molecule has 0 saturated carbocycles. The number of hydrogen-bond donors (Lipinski definition) is 1. The molecule has 2 aliphatic rings. The van der Waals surface area contributed by atoms with Crippen LogP contribution < -0.4 is 5.73 Å². The molecule has 1 atom stereocenters. The van der Waals surface area contributed by atoms with Gasteiger partial charge in [-0.1, -0.05) is 0 Å². The van der Waals surface area contributed by atoms with Crippen molar-refractivity contribution in [3.8, 4) is 0 Å². The molecule has 1 aromatic carbocycles. The normalized spacial score (nSPS) is 21.7. The Kier molecular flexibility index (Phi) is 4.77. The summed E-state index contributed by atoms with van der Waals surface area (Å²) >= 11 is 0. The van der Waals surface area contributed by atoms with Gasteiger partial charge >= 0.3 is 0 Å². The van der Waals surface area contributed by atoms with Crippen LogP contribution in [0.3, 0.4) is 0 Å². The molecule has 2 N–H and O–H groups in total. The van der Waals surface area contributed by atoms with Crippen LogP contribution in [0.4, 0.5) is 8.78 Å². The predicted octanol–water partition coefficient (Wildman–Crippen LogP) is 1.65. The van der Waals surface area contributed by atoms with Crippen LogP contribution in [0.25, 0.3) is 0 Å². The SMILES string of the molecule is C[C@@H](C(N)=O)N1CCC2(CC1)CC(=O)N(Cc1cc(F)cc(F)c1)C2. The van der Waals surface area contributed by atoms with E-state index in [2.05, 4.69) is 0 Å². The summed E-state index contributed by atoms with van der Waals surface area (Å²) in [7, 11) is 0. The molecule has 5 nitrogen and oxygen atoms in total. The van der Waals surface area contributed by atoms with Crippen molar-refractivity contribution in [1.29, 1.82) is 0 Å². The highest BCUT2D eigenvalue weighted by molar-refractivity contribution is 5.80. The fraction of sp³-hybridized carbons (Fsp3) is 0.556. The molecule has 136 valence electrons. The molecule has 2 heterocycles. The topological polar surface area (TPSA) is 66.6 Å². The van der Waals surface area contributed by atoms with E-state index in [1.54, 1.807) is 11.8 Å². The molecular weight excluding hydrogens is 328 g/mol. The van der Waals surface area contributed by atoms with Crippen LogP contribution in [0.5, 0.6) is 0 Å². The van der Waals surface area contributed by atoms with E-state index in [9.17, 15) is 18.4 Å². The van der Waals surface area contributed by atoms with Crippen molar-refractivity contribution < 1.29 is 18.4 Å². The molecule has 2 saturated heterocycles. The first-order valence-electron chi connectivity index (χ1n) is 8.54. The van der Waals surface area contributed by atoms with Gasteiger partial charge in [-0.05, 0) is 56.0 Å². The van der Waals surface area contributed by atoms with Gasteiger partial charge in [0.15, 0.2) is 0 Å². The minimum atomic E-state index is -0.634. The molecule has 0 unspecified atom stereocenters. The van der Waals surface area contributed by atoms with E-state index in [4.69, 9.17) is 5.73 Å². The van der Waals surface area contributed by atoms with Crippen LogP contribution in [-0.4, -0.2) is 47.3 Å². The predicted molar refractivity (Wildman–Crippen MR) is 88.3 cm³/mol. The molecular formula is C18H23F2N3O2. The zero-order valence-corrected chi connectivity index (χ0v) is 14.3. The van der Waals surface area contributed by atoms with Crippen LogP contribution in [0.1, 0.15) is 31.7 Å². The highest BCUT2D eigenvalue weighted by Gasteiger charge is 2.45. The number of primary amides is 1. The molecule has 2 aliphatic heterocycles. The quantitative estimate of drug-likeness (QED) is 0.897. The standard InChI is InChI=1S/C18H23F2N3O2/c1-12(17(21)25)22-4-2-18(3-5-22)9-16(24)23(11-18)10-13-6-14(19)8-15(20)7-13/h6-8,12H,2-5,9-11H2,1H3,(H2,21,25)/t12-/m0/s1. The average Bonchev–Trinajstić information content (AvgIpc) is 2.81. The third kappa shape index (κ3) is 3.81. The van der Waals surface area contributed by atoms with Crippen LogP contribution in [0.2, 0.25) is 0 Å². The minimum Gasteiger partial charge on any atom is -0.368 e. The molecule has 3 rings (SSSR count). The molecule has 7 heteroatoms. The number of amides is 2. The van der Waals surface area contributed by atoms with Crippen molar-refractivity contribution in [1.82, 2.24) is 9.80 Å². The second kappa shape index (κ2) is 6.71. The van der Waals surface area contributed by atoms with Crippen molar-refractivity contribution in [2.45, 2.75) is 38.8 Å². The Morgan fingerprint density at radius 2 is 1.84 bits per heavy atom. The number of halogens is 2. The fourth-order valence-electron chi connectivity index (χ4n) is 3.95. The molecule has 0 aromatic heterocycles. The lowest BCUT2D eigenvalue weighted by atomic mass is 9.77. The summed E-state index contributed by atoms with van der Waals surface area (Å²) in [5.41, 5.74) is 5.71. The molecule has 2 amide bonds. The van der Waals surface area contributed by atoms with Gasteiger partial charge in [-0.3, -0.25) is 14.5 Å². The van der Waals surface area contributed by atoms with Gasteiger partial charge in [0, 0.05) is 25.6 Å². The molecule has 1 spiro atoms. The van der Waals surface area contributed by atoms with Crippen LogP contribution >= 0.6 is 0 Å². The highest BCUT2D eigenvalue weighted by Crippen LogP contribution is 2.41.